The summed E-state index contributed by atoms with van der Waals surface area (Å²) in [4.78, 5) is 46.7. The quantitative estimate of drug-likeness (QED) is 0.0961. The Bertz CT molecular complexity index is 2270. The third kappa shape index (κ3) is 8.38. The van der Waals surface area contributed by atoms with Crippen LogP contribution in [0.1, 0.15) is 55.1 Å². The topological polar surface area (TPSA) is 130 Å². The molecule has 1 aliphatic rings. The Balaban J connectivity index is 1.24. The number of anilines is 1. The molecule has 6 rings (SSSR count). The van der Waals surface area contributed by atoms with Gasteiger partial charge in [-0.2, -0.15) is 23.0 Å². The molecule has 0 atom stereocenters. The lowest BCUT2D eigenvalue weighted by molar-refractivity contribution is -0.137. The molecule has 3 heterocycles. The van der Waals surface area contributed by atoms with E-state index in [0.717, 1.165) is 50.3 Å². The first-order valence-electron chi connectivity index (χ1n) is 17.5. The number of rotatable bonds is 14. The fraction of sp³-hybridized carbons (Fsp3) is 0.342. The fourth-order valence-corrected chi connectivity index (χ4v) is 6.16. The molecule has 284 valence electrons. The highest BCUT2D eigenvalue weighted by molar-refractivity contribution is 6.02. The van der Waals surface area contributed by atoms with E-state index in [4.69, 9.17) is 14.2 Å². The van der Waals surface area contributed by atoms with Gasteiger partial charge in [-0.15, -0.1) is 0 Å². The van der Waals surface area contributed by atoms with Gasteiger partial charge in [-0.3, -0.25) is 19.1 Å². The average Bonchev–Trinajstić information content (AvgIpc) is 3.68. The van der Waals surface area contributed by atoms with Gasteiger partial charge in [-0.25, -0.2) is 9.18 Å². The van der Waals surface area contributed by atoms with Crippen LogP contribution >= 0.6 is 0 Å². The molecule has 0 saturated carbocycles. The summed E-state index contributed by atoms with van der Waals surface area (Å²) in [6.07, 6.45) is 0.721. The number of benzene rings is 3. The predicted octanol–water partition coefficient (Wildman–Crippen LogP) is 6.82. The van der Waals surface area contributed by atoms with Crippen molar-refractivity contribution in [2.24, 2.45) is 0 Å². The van der Waals surface area contributed by atoms with Gasteiger partial charge in [0.05, 0.1) is 30.5 Å². The van der Waals surface area contributed by atoms with Crippen LogP contribution in [-0.2, 0) is 12.7 Å². The summed E-state index contributed by atoms with van der Waals surface area (Å²) >= 11 is 0. The SMILES string of the molecule is CCCCn1c(=O)c(C(=O)Nc2ccc(Oc3ccnc4cc(OC)c(OCCCN5CCCC5)cc34)c(F)c2)nn(-c2ccccc2C(F)(F)F)c1=O. The van der Waals surface area contributed by atoms with Crippen LogP contribution in [0.2, 0.25) is 0 Å². The van der Waals surface area contributed by atoms with Crippen LogP contribution in [0.3, 0.4) is 0 Å². The molecule has 1 saturated heterocycles. The van der Waals surface area contributed by atoms with Gasteiger partial charge in [0, 0.05) is 42.5 Å². The fourth-order valence-electron chi connectivity index (χ4n) is 6.16. The van der Waals surface area contributed by atoms with E-state index in [1.54, 1.807) is 25.1 Å². The number of methoxy groups -OCH3 is 1. The molecule has 3 aromatic carbocycles. The number of carbonyl (C=O) groups is 1. The number of unbranched alkanes of at least 4 members (excludes halogenated alkanes) is 1. The van der Waals surface area contributed by atoms with Crippen molar-refractivity contribution in [2.75, 3.05) is 38.7 Å². The molecule has 2 aromatic heterocycles. The number of likely N-dealkylation sites (tertiary alicyclic amines) is 1. The summed E-state index contributed by atoms with van der Waals surface area (Å²) in [7, 11) is 1.52. The highest BCUT2D eigenvalue weighted by Gasteiger charge is 2.35. The van der Waals surface area contributed by atoms with Crippen LogP contribution in [0, 0.1) is 5.82 Å². The number of carbonyl (C=O) groups excluding carboxylic acids is 1. The number of para-hydroxylation sites is 1. The minimum absolute atomic E-state index is 0.117. The van der Waals surface area contributed by atoms with E-state index in [1.807, 2.05) is 0 Å². The van der Waals surface area contributed by atoms with E-state index in [1.165, 1.54) is 44.3 Å². The van der Waals surface area contributed by atoms with Crippen LogP contribution in [-0.4, -0.2) is 63.5 Å². The maximum atomic E-state index is 15.5. The lowest BCUT2D eigenvalue weighted by atomic mass is 10.1. The molecule has 0 bridgehead atoms. The Kier molecular flexibility index (Phi) is 11.6. The zero-order valence-corrected chi connectivity index (χ0v) is 29.6. The summed E-state index contributed by atoms with van der Waals surface area (Å²) in [5.41, 5.74) is -4.59. The smallest absolute Gasteiger partial charge is 0.418 e. The molecule has 5 aromatic rings. The van der Waals surface area contributed by atoms with Crippen molar-refractivity contribution in [2.45, 2.75) is 51.7 Å². The van der Waals surface area contributed by atoms with E-state index in [2.05, 4.69) is 20.3 Å². The van der Waals surface area contributed by atoms with Crippen molar-refractivity contribution in [1.82, 2.24) is 24.2 Å². The van der Waals surface area contributed by atoms with Gasteiger partial charge in [-0.05, 0) is 75.2 Å². The van der Waals surface area contributed by atoms with Gasteiger partial charge in [-0.1, -0.05) is 25.5 Å². The van der Waals surface area contributed by atoms with Gasteiger partial charge in [0.2, 0.25) is 5.69 Å². The lowest BCUT2D eigenvalue weighted by Gasteiger charge is -2.16. The Morgan fingerprint density at radius 3 is 2.43 bits per heavy atom. The highest BCUT2D eigenvalue weighted by Crippen LogP contribution is 2.38. The molecule has 1 aliphatic heterocycles. The second kappa shape index (κ2) is 16.5. The zero-order valence-electron chi connectivity index (χ0n) is 29.6. The second-order valence-corrected chi connectivity index (χ2v) is 12.6. The summed E-state index contributed by atoms with van der Waals surface area (Å²) in [5.74, 6) is -1.05. The predicted molar refractivity (Wildman–Crippen MR) is 193 cm³/mol. The number of hydrogen-bond donors (Lipinski definition) is 1. The van der Waals surface area contributed by atoms with Crippen molar-refractivity contribution in [3.05, 3.63) is 105 Å². The maximum absolute atomic E-state index is 15.5. The van der Waals surface area contributed by atoms with Crippen LogP contribution < -0.4 is 30.8 Å². The largest absolute Gasteiger partial charge is 0.493 e. The molecular formula is C38H38F4N6O6. The molecule has 12 nitrogen and oxygen atoms in total. The second-order valence-electron chi connectivity index (χ2n) is 12.6. The van der Waals surface area contributed by atoms with Crippen LogP contribution in [0.5, 0.6) is 23.0 Å². The van der Waals surface area contributed by atoms with Gasteiger partial charge in [0.25, 0.3) is 11.5 Å². The monoisotopic (exact) mass is 750 g/mol. The van der Waals surface area contributed by atoms with Gasteiger partial charge < -0.3 is 24.4 Å². The Hall–Kier alpha value is -5.77. The molecular weight excluding hydrogens is 712 g/mol. The van der Waals surface area contributed by atoms with Crippen LogP contribution in [0.15, 0.2) is 76.4 Å². The van der Waals surface area contributed by atoms with E-state index in [9.17, 15) is 27.6 Å². The molecule has 1 amide bonds. The van der Waals surface area contributed by atoms with Crippen molar-refractivity contribution < 1.29 is 36.6 Å². The first kappa shape index (κ1) is 38.0. The third-order valence-electron chi connectivity index (χ3n) is 8.92. The van der Waals surface area contributed by atoms with Crippen molar-refractivity contribution in [3.63, 3.8) is 0 Å². The molecule has 0 aliphatic carbocycles. The molecule has 1 fully saturated rings. The van der Waals surface area contributed by atoms with E-state index in [0.29, 0.717) is 51.1 Å². The van der Waals surface area contributed by atoms with E-state index in [-0.39, 0.29) is 23.7 Å². The Labute approximate surface area is 306 Å². The first-order chi connectivity index (χ1) is 26.0. The third-order valence-corrected chi connectivity index (χ3v) is 8.92. The normalized spacial score (nSPS) is 13.3. The zero-order chi connectivity index (χ0) is 38.4. The van der Waals surface area contributed by atoms with Crippen molar-refractivity contribution in [3.8, 4) is 28.7 Å². The van der Waals surface area contributed by atoms with Gasteiger partial charge in [0.15, 0.2) is 23.1 Å². The summed E-state index contributed by atoms with van der Waals surface area (Å²) in [6.45, 7) is 5.19. The van der Waals surface area contributed by atoms with Gasteiger partial charge in [0.1, 0.15) is 5.75 Å². The summed E-state index contributed by atoms with van der Waals surface area (Å²) < 4.78 is 75.7. The number of alkyl halides is 3. The standard InChI is InChI=1S/C38H38F4N6O6/c1-3-4-19-47-36(50)34(45-48(37(47)51)29-11-6-5-10-26(29)38(40,41)42)35(49)44-24-12-13-31(27(39)21-24)54-30-14-15-43-28-23-32(52-2)33(22-25(28)30)53-20-9-18-46-16-7-8-17-46/h5-6,10-15,21-23H,3-4,7-9,16-20H2,1-2H3,(H,44,49). The number of ether oxygens (including phenoxy) is 3. The van der Waals surface area contributed by atoms with Crippen LogP contribution in [0.4, 0.5) is 23.2 Å². The molecule has 16 heteroatoms. The first-order valence-corrected chi connectivity index (χ1v) is 17.5. The number of halogens is 4. The van der Waals surface area contributed by atoms with Crippen LogP contribution in [0.25, 0.3) is 16.6 Å². The maximum Gasteiger partial charge on any atom is 0.418 e. The molecule has 1 N–H and O–H groups in total. The van der Waals surface area contributed by atoms with Crippen molar-refractivity contribution >= 4 is 22.5 Å². The minimum Gasteiger partial charge on any atom is -0.493 e. The minimum atomic E-state index is -4.87. The number of hydrogen-bond acceptors (Lipinski definition) is 9. The van der Waals surface area contributed by atoms with Crippen molar-refractivity contribution in [1.29, 1.82) is 0 Å². The molecule has 0 radical (unpaired) electrons. The molecule has 0 spiro atoms. The number of nitrogens with zero attached hydrogens (tertiary/aromatic N) is 5. The number of nitrogens with one attached hydrogen (secondary N) is 1. The number of pyridine rings is 1. The lowest BCUT2D eigenvalue weighted by Crippen LogP contribution is -2.45. The Morgan fingerprint density at radius 1 is 0.926 bits per heavy atom. The van der Waals surface area contributed by atoms with E-state index >= 15 is 4.39 Å². The Morgan fingerprint density at radius 2 is 1.70 bits per heavy atom. The number of amides is 1. The van der Waals surface area contributed by atoms with E-state index < -0.39 is 46.1 Å². The molecule has 54 heavy (non-hydrogen) atoms. The number of aromatic nitrogens is 4. The molecule has 0 unspecified atom stereocenters. The van der Waals surface area contributed by atoms with Gasteiger partial charge >= 0.3 is 11.9 Å². The summed E-state index contributed by atoms with van der Waals surface area (Å²) in [6, 6.07) is 12.6. The number of fused-ring (bicyclic) bond motifs is 1. The average molecular weight is 751 g/mol. The summed E-state index contributed by atoms with van der Waals surface area (Å²) in [5, 5.41) is 6.66. The highest BCUT2D eigenvalue weighted by atomic mass is 19.4.